The van der Waals surface area contributed by atoms with Gasteiger partial charge in [0.15, 0.2) is 0 Å². The Balaban J connectivity index is 2.17. The molecule has 4 aliphatic heterocycles. The Morgan fingerprint density at radius 3 is 0.828 bits per heavy atom. The summed E-state index contributed by atoms with van der Waals surface area (Å²) in [6.45, 7) is 17.7. The Morgan fingerprint density at radius 2 is 0.690 bits per heavy atom. The minimum absolute atomic E-state index is 0.341. The van der Waals surface area contributed by atoms with Gasteiger partial charge in [-0.25, -0.2) is 0 Å². The molecule has 0 saturated carbocycles. The van der Waals surface area contributed by atoms with Gasteiger partial charge in [0.2, 0.25) is 0 Å². The van der Waals surface area contributed by atoms with Crippen LogP contribution in [0.2, 0.25) is 0 Å². The normalized spacial score (nSPS) is 42.2. The van der Waals surface area contributed by atoms with Crippen molar-refractivity contribution >= 4 is 22.8 Å². The van der Waals surface area contributed by atoms with Crippen LogP contribution in [0.3, 0.4) is 0 Å². The number of aliphatic imine (C=N–C) groups is 4. The molecule has 4 aliphatic rings. The Bertz CT molecular complexity index is 858. The average Bonchev–Trinajstić information content (AvgIpc) is 3.32. The summed E-state index contributed by atoms with van der Waals surface area (Å²) in [4.78, 5) is 21.3. The summed E-state index contributed by atoms with van der Waals surface area (Å²) in [5.74, 6) is 0. The molecule has 0 fully saturated rings. The summed E-state index contributed by atoms with van der Waals surface area (Å²) in [5, 5.41) is 0. The van der Waals surface area contributed by atoms with Crippen molar-refractivity contribution in [1.82, 2.24) is 0 Å². The molecular weight excluding hydrogens is 436 g/mol. The van der Waals surface area contributed by atoms with Crippen LogP contribution in [0.15, 0.2) is 68.6 Å². The van der Waals surface area contributed by atoms with Crippen LogP contribution in [-0.2, 0) is 20.3 Å². The first-order chi connectivity index (χ1) is 13.4. The van der Waals surface area contributed by atoms with Crippen molar-refractivity contribution in [2.45, 2.75) is 68.4 Å². The first-order valence-corrected chi connectivity index (χ1v) is 15.3. The molecule has 4 heterocycles. The third kappa shape index (κ3) is 2.59. The van der Waals surface area contributed by atoms with E-state index >= 15 is 0 Å². The first kappa shape index (κ1) is 20.8. The zero-order chi connectivity index (χ0) is 21.3. The van der Waals surface area contributed by atoms with E-state index in [0.717, 1.165) is 22.8 Å². The van der Waals surface area contributed by atoms with E-state index in [1.165, 1.54) is 0 Å². The summed E-state index contributed by atoms with van der Waals surface area (Å²) in [6, 6.07) is 0. The molecule has 0 aromatic carbocycles. The molecule has 5 heteroatoms. The van der Waals surface area contributed by atoms with Crippen molar-refractivity contribution in [2.24, 2.45) is 20.0 Å². The number of hydrogen-bond acceptors (Lipinski definition) is 4. The van der Waals surface area contributed by atoms with Crippen LogP contribution < -0.4 is 0 Å². The molecule has 0 bridgehead atoms. The second kappa shape index (κ2) is 6.26. The van der Waals surface area contributed by atoms with E-state index in [2.05, 4.69) is 104 Å². The number of rotatable bonds is 4. The molecule has 0 aromatic heterocycles. The molecular formula is C24H32N4Zr. The fourth-order valence-electron chi connectivity index (χ4n) is 6.80. The van der Waals surface area contributed by atoms with E-state index in [1.54, 1.807) is 0 Å². The molecule has 29 heavy (non-hydrogen) atoms. The van der Waals surface area contributed by atoms with Crippen LogP contribution in [0.25, 0.3) is 0 Å². The molecule has 0 aliphatic carbocycles. The number of allylic oxidation sites excluding steroid dienone is 4. The van der Waals surface area contributed by atoms with Gasteiger partial charge in [-0.05, 0) is 0 Å². The number of hydrogen-bond donors (Lipinski definition) is 0. The quantitative estimate of drug-likeness (QED) is 0.550. The van der Waals surface area contributed by atoms with E-state index in [4.69, 9.17) is 20.0 Å². The molecule has 0 aromatic rings. The second-order valence-corrected chi connectivity index (χ2v) is 23.3. The average molecular weight is 468 g/mol. The minimum atomic E-state index is -3.96. The molecule has 0 radical (unpaired) electrons. The van der Waals surface area contributed by atoms with Gasteiger partial charge in [0.1, 0.15) is 0 Å². The Hall–Kier alpha value is -1.48. The summed E-state index contributed by atoms with van der Waals surface area (Å²) in [5.41, 5.74) is 4.32. The summed E-state index contributed by atoms with van der Waals surface area (Å²) >= 11 is -3.96. The third-order valence-electron chi connectivity index (χ3n) is 7.27. The van der Waals surface area contributed by atoms with Crippen molar-refractivity contribution in [2.75, 3.05) is 0 Å². The summed E-state index contributed by atoms with van der Waals surface area (Å²) < 4.78 is -1.36. The van der Waals surface area contributed by atoms with Crippen LogP contribution in [-0.4, -0.2) is 35.8 Å². The van der Waals surface area contributed by atoms with E-state index in [1.807, 2.05) is 0 Å². The van der Waals surface area contributed by atoms with Gasteiger partial charge in [-0.1, -0.05) is 0 Å². The molecule has 0 N–H and O–H groups in total. The van der Waals surface area contributed by atoms with E-state index in [-0.39, 0.29) is 13.0 Å². The Morgan fingerprint density at radius 1 is 0.483 bits per heavy atom. The van der Waals surface area contributed by atoms with Crippen LogP contribution in [0.5, 0.6) is 0 Å². The maximum atomic E-state index is 5.33. The van der Waals surface area contributed by atoms with Gasteiger partial charge in [-0.15, -0.1) is 0 Å². The fourth-order valence-corrected chi connectivity index (χ4v) is 28.6. The van der Waals surface area contributed by atoms with Gasteiger partial charge in [0.25, 0.3) is 0 Å². The van der Waals surface area contributed by atoms with Crippen molar-refractivity contribution in [3.63, 3.8) is 0 Å². The van der Waals surface area contributed by atoms with Crippen molar-refractivity contribution in [3.05, 3.63) is 48.6 Å². The Kier molecular flexibility index (Phi) is 4.49. The first-order valence-electron chi connectivity index (χ1n) is 10.4. The predicted octanol–water partition coefficient (Wildman–Crippen LogP) is 5.13. The number of nitrogens with zero attached hydrogens (tertiary/aromatic N) is 4. The van der Waals surface area contributed by atoms with Gasteiger partial charge in [-0.3, -0.25) is 0 Å². The zero-order valence-electron chi connectivity index (χ0n) is 18.9. The molecule has 4 unspecified atom stereocenters. The van der Waals surface area contributed by atoms with E-state index in [9.17, 15) is 0 Å². The van der Waals surface area contributed by atoms with E-state index < -0.39 is 20.3 Å². The van der Waals surface area contributed by atoms with Crippen molar-refractivity contribution in [3.8, 4) is 0 Å². The molecule has 4 rings (SSSR count). The molecule has 152 valence electrons. The Labute approximate surface area is 179 Å². The van der Waals surface area contributed by atoms with Gasteiger partial charge in [-0.2, -0.15) is 0 Å². The predicted molar refractivity (Wildman–Crippen MR) is 123 cm³/mol. The van der Waals surface area contributed by atoms with Gasteiger partial charge >= 0.3 is 180 Å². The van der Waals surface area contributed by atoms with E-state index in [0.29, 0.717) is 0 Å². The third-order valence-corrected chi connectivity index (χ3v) is 24.9. The van der Waals surface area contributed by atoms with Gasteiger partial charge in [0.05, 0.1) is 0 Å². The van der Waals surface area contributed by atoms with Gasteiger partial charge in [0, 0.05) is 0 Å². The molecule has 0 spiro atoms. The summed E-state index contributed by atoms with van der Waals surface area (Å²) in [7, 11) is 0. The van der Waals surface area contributed by atoms with Crippen molar-refractivity contribution in [1.29, 1.82) is 0 Å². The topological polar surface area (TPSA) is 49.4 Å². The van der Waals surface area contributed by atoms with Crippen LogP contribution in [0.4, 0.5) is 0 Å². The standard InChI is InChI=1S/4C6H8N.Zr/c4*1-5-3-4-6(2)7-5;/h4*3-4H,1-2H3;. The maximum absolute atomic E-state index is 5.33. The SMILES string of the molecule is CC1=N[C](C)([Zr]([C]2(C)C=CC(C)=N2)([C]2(C)C=CC(C)=N2)[C]2(C)C=CC(C)=N2)C=C1. The summed E-state index contributed by atoms with van der Waals surface area (Å²) in [6.07, 6.45) is 18.1. The second-order valence-electron chi connectivity index (χ2n) is 9.69. The molecule has 0 amide bonds. The fraction of sp³-hybridized carbons (Fsp3) is 0.500. The monoisotopic (exact) mass is 466 g/mol. The molecule has 0 saturated heterocycles. The molecule has 4 nitrogen and oxygen atoms in total. The van der Waals surface area contributed by atoms with Crippen molar-refractivity contribution < 1.29 is 20.3 Å². The molecule has 4 atom stereocenters. The van der Waals surface area contributed by atoms with Crippen LogP contribution in [0, 0.1) is 0 Å². The zero-order valence-corrected chi connectivity index (χ0v) is 21.4. The van der Waals surface area contributed by atoms with Crippen LogP contribution in [0.1, 0.15) is 55.4 Å². The van der Waals surface area contributed by atoms with Crippen LogP contribution >= 0.6 is 0 Å². The van der Waals surface area contributed by atoms with Gasteiger partial charge < -0.3 is 0 Å².